The average molecular weight is 222 g/mol. The molecule has 0 unspecified atom stereocenters. The molecule has 16 heavy (non-hydrogen) atoms. The fraction of sp³-hybridized carbons (Fsp3) is 0.667. The minimum Gasteiger partial charge on any atom is -0.481 e. The molecule has 88 valence electrons. The zero-order chi connectivity index (χ0) is 12.1. The lowest BCUT2D eigenvalue weighted by molar-refractivity contribution is -0.139. The van der Waals surface area contributed by atoms with Gasteiger partial charge in [0.15, 0.2) is 0 Å². The fourth-order valence-electron chi connectivity index (χ4n) is 2.52. The maximum atomic E-state index is 11.1. The Morgan fingerprint density at radius 2 is 2.19 bits per heavy atom. The number of aromatic nitrogens is 2. The van der Waals surface area contributed by atoms with Gasteiger partial charge in [-0.15, -0.1) is 0 Å². The van der Waals surface area contributed by atoms with Crippen molar-refractivity contribution in [2.24, 2.45) is 11.3 Å². The van der Waals surface area contributed by atoms with Crippen LogP contribution >= 0.6 is 0 Å². The molecule has 0 bridgehead atoms. The molecular weight excluding hydrogens is 204 g/mol. The van der Waals surface area contributed by atoms with E-state index in [-0.39, 0.29) is 17.3 Å². The van der Waals surface area contributed by atoms with Crippen molar-refractivity contribution in [2.75, 3.05) is 0 Å². The summed E-state index contributed by atoms with van der Waals surface area (Å²) >= 11 is 0. The Morgan fingerprint density at radius 3 is 2.56 bits per heavy atom. The van der Waals surface area contributed by atoms with Gasteiger partial charge in [0.1, 0.15) is 0 Å². The Kier molecular flexibility index (Phi) is 2.33. The van der Waals surface area contributed by atoms with Crippen molar-refractivity contribution < 1.29 is 9.90 Å². The molecule has 0 spiro atoms. The van der Waals surface area contributed by atoms with Crippen LogP contribution in [0.1, 0.15) is 45.2 Å². The highest BCUT2D eigenvalue weighted by atomic mass is 16.4. The highest BCUT2D eigenvalue weighted by molar-refractivity contribution is 5.77. The molecule has 0 aliphatic heterocycles. The van der Waals surface area contributed by atoms with E-state index in [1.54, 1.807) is 6.20 Å². The standard InChI is InChI=1S/C12H18N2O2/c1-7(2)14-6-8(5-13-14)9-10(11(15)16)12(9,3)4/h5-7,9-10H,1-4H3,(H,15,16)/t9-,10+/m1/s1. The van der Waals surface area contributed by atoms with Crippen LogP contribution in [0.3, 0.4) is 0 Å². The first-order chi connectivity index (χ1) is 7.35. The minimum atomic E-state index is -0.702. The van der Waals surface area contributed by atoms with E-state index >= 15 is 0 Å². The van der Waals surface area contributed by atoms with Crippen LogP contribution in [-0.4, -0.2) is 20.9 Å². The minimum absolute atomic E-state index is 0.109. The van der Waals surface area contributed by atoms with Gasteiger partial charge in [-0.2, -0.15) is 5.10 Å². The number of rotatable bonds is 3. The summed E-state index contributed by atoms with van der Waals surface area (Å²) in [5.74, 6) is -0.859. The summed E-state index contributed by atoms with van der Waals surface area (Å²) in [6.45, 7) is 8.12. The van der Waals surface area contributed by atoms with Crippen molar-refractivity contribution in [3.8, 4) is 0 Å². The van der Waals surface area contributed by atoms with Gasteiger partial charge in [-0.3, -0.25) is 9.48 Å². The Bertz CT molecular complexity index is 420. The van der Waals surface area contributed by atoms with Gasteiger partial charge < -0.3 is 5.11 Å². The van der Waals surface area contributed by atoms with E-state index in [4.69, 9.17) is 5.11 Å². The fourth-order valence-corrected chi connectivity index (χ4v) is 2.52. The predicted octanol–water partition coefficient (Wildman–Crippen LogP) is 2.29. The second kappa shape index (κ2) is 3.34. The van der Waals surface area contributed by atoms with Crippen molar-refractivity contribution >= 4 is 5.97 Å². The lowest BCUT2D eigenvalue weighted by atomic mass is 10.1. The highest BCUT2D eigenvalue weighted by Gasteiger charge is 2.63. The number of aliphatic carboxylic acids is 1. The Morgan fingerprint density at radius 1 is 1.56 bits per heavy atom. The van der Waals surface area contributed by atoms with Crippen LogP contribution < -0.4 is 0 Å². The topological polar surface area (TPSA) is 55.1 Å². The van der Waals surface area contributed by atoms with E-state index in [0.29, 0.717) is 6.04 Å². The molecule has 0 amide bonds. The maximum Gasteiger partial charge on any atom is 0.307 e. The van der Waals surface area contributed by atoms with Crippen molar-refractivity contribution in [1.29, 1.82) is 0 Å². The van der Waals surface area contributed by atoms with Crippen LogP contribution in [0.15, 0.2) is 12.4 Å². The summed E-state index contributed by atoms with van der Waals surface area (Å²) in [5, 5.41) is 13.4. The number of carbonyl (C=O) groups is 1. The van der Waals surface area contributed by atoms with E-state index in [9.17, 15) is 4.79 Å². The Hall–Kier alpha value is -1.32. The Labute approximate surface area is 95.3 Å². The molecule has 1 aliphatic carbocycles. The first-order valence-electron chi connectivity index (χ1n) is 5.62. The lowest BCUT2D eigenvalue weighted by Gasteiger charge is -2.03. The molecule has 1 aliphatic rings. The normalized spacial score (nSPS) is 27.1. The second-order valence-electron chi connectivity index (χ2n) is 5.46. The zero-order valence-corrected chi connectivity index (χ0v) is 10.1. The van der Waals surface area contributed by atoms with Gasteiger partial charge in [0, 0.05) is 18.2 Å². The molecule has 1 aromatic rings. The second-order valence-corrected chi connectivity index (χ2v) is 5.46. The third-order valence-electron chi connectivity index (χ3n) is 3.60. The third kappa shape index (κ3) is 1.52. The van der Waals surface area contributed by atoms with Gasteiger partial charge in [-0.1, -0.05) is 13.8 Å². The summed E-state index contributed by atoms with van der Waals surface area (Å²) in [7, 11) is 0. The summed E-state index contributed by atoms with van der Waals surface area (Å²) < 4.78 is 1.88. The van der Waals surface area contributed by atoms with Gasteiger partial charge in [0.25, 0.3) is 0 Å². The van der Waals surface area contributed by atoms with E-state index in [2.05, 4.69) is 18.9 Å². The van der Waals surface area contributed by atoms with Crippen LogP contribution in [0.25, 0.3) is 0 Å². The molecule has 1 saturated carbocycles. The van der Waals surface area contributed by atoms with Crippen molar-refractivity contribution in [1.82, 2.24) is 9.78 Å². The summed E-state index contributed by atoms with van der Waals surface area (Å²) in [6.07, 6.45) is 3.77. The summed E-state index contributed by atoms with van der Waals surface area (Å²) in [4.78, 5) is 11.1. The van der Waals surface area contributed by atoms with Crippen LogP contribution in [0, 0.1) is 11.3 Å². The van der Waals surface area contributed by atoms with Crippen LogP contribution in [-0.2, 0) is 4.79 Å². The van der Waals surface area contributed by atoms with Gasteiger partial charge in [0.05, 0.1) is 12.1 Å². The molecule has 2 atom stereocenters. The van der Waals surface area contributed by atoms with Gasteiger partial charge in [-0.05, 0) is 24.8 Å². The van der Waals surface area contributed by atoms with Crippen LogP contribution in [0.4, 0.5) is 0 Å². The lowest BCUT2D eigenvalue weighted by Crippen LogP contribution is -2.03. The number of hydrogen-bond donors (Lipinski definition) is 1. The van der Waals surface area contributed by atoms with Crippen LogP contribution in [0.5, 0.6) is 0 Å². The molecule has 1 fully saturated rings. The third-order valence-corrected chi connectivity index (χ3v) is 3.60. The average Bonchev–Trinajstić information content (AvgIpc) is 2.60. The van der Waals surface area contributed by atoms with Gasteiger partial charge in [0.2, 0.25) is 0 Å². The van der Waals surface area contributed by atoms with Crippen molar-refractivity contribution in [3.63, 3.8) is 0 Å². The van der Waals surface area contributed by atoms with Crippen LogP contribution in [0.2, 0.25) is 0 Å². The molecule has 1 heterocycles. The molecule has 0 saturated heterocycles. The predicted molar refractivity (Wildman–Crippen MR) is 60.3 cm³/mol. The zero-order valence-electron chi connectivity index (χ0n) is 10.1. The maximum absolute atomic E-state index is 11.1. The van der Waals surface area contributed by atoms with Crippen molar-refractivity contribution in [2.45, 2.75) is 39.7 Å². The number of nitrogens with zero attached hydrogens (tertiary/aromatic N) is 2. The molecular formula is C12H18N2O2. The van der Waals surface area contributed by atoms with E-state index in [0.717, 1.165) is 5.56 Å². The number of hydrogen-bond acceptors (Lipinski definition) is 2. The number of carboxylic acids is 1. The molecule has 1 N–H and O–H groups in total. The first kappa shape index (κ1) is 11.2. The molecule has 2 rings (SSSR count). The largest absolute Gasteiger partial charge is 0.481 e. The van der Waals surface area contributed by atoms with E-state index < -0.39 is 5.97 Å². The molecule has 4 heteroatoms. The SMILES string of the molecule is CC(C)n1cc([C@@H]2[C@@H](C(=O)O)C2(C)C)cn1. The summed E-state index contributed by atoms with van der Waals surface area (Å²) in [6, 6.07) is 0.318. The Balaban J connectivity index is 2.23. The molecule has 0 aromatic carbocycles. The summed E-state index contributed by atoms with van der Waals surface area (Å²) in [5.41, 5.74) is 0.905. The molecule has 1 aromatic heterocycles. The molecule has 0 radical (unpaired) electrons. The van der Waals surface area contributed by atoms with Crippen molar-refractivity contribution in [3.05, 3.63) is 18.0 Å². The van der Waals surface area contributed by atoms with E-state index in [1.165, 1.54) is 0 Å². The first-order valence-corrected chi connectivity index (χ1v) is 5.62. The quantitative estimate of drug-likeness (QED) is 0.853. The number of carboxylic acid groups (broad SMARTS) is 1. The van der Waals surface area contributed by atoms with E-state index in [1.807, 2.05) is 24.7 Å². The smallest absolute Gasteiger partial charge is 0.307 e. The molecule has 4 nitrogen and oxygen atoms in total. The monoisotopic (exact) mass is 222 g/mol. The van der Waals surface area contributed by atoms with Gasteiger partial charge in [-0.25, -0.2) is 0 Å². The highest BCUT2D eigenvalue weighted by Crippen LogP contribution is 2.64. The van der Waals surface area contributed by atoms with Gasteiger partial charge >= 0.3 is 5.97 Å².